The molecule has 2 aromatic rings. The lowest BCUT2D eigenvalue weighted by atomic mass is 9.88. The molecule has 2 aliphatic rings. The van der Waals surface area contributed by atoms with Gasteiger partial charge in [0.15, 0.2) is 0 Å². The minimum atomic E-state index is -0.413. The van der Waals surface area contributed by atoms with Gasteiger partial charge < -0.3 is 4.98 Å². The van der Waals surface area contributed by atoms with Crippen molar-refractivity contribution in [2.24, 2.45) is 0 Å². The highest BCUT2D eigenvalue weighted by atomic mass is 35.5. The molecule has 2 heterocycles. The van der Waals surface area contributed by atoms with E-state index >= 15 is 0 Å². The third-order valence-electron chi connectivity index (χ3n) is 5.80. The first-order valence-electron chi connectivity index (χ1n) is 9.78. The first-order chi connectivity index (χ1) is 13.5. The second-order valence-electron chi connectivity index (χ2n) is 7.70. The molecule has 8 heteroatoms. The zero-order valence-corrected chi connectivity index (χ0v) is 16.4. The Labute approximate surface area is 167 Å². The van der Waals surface area contributed by atoms with Crippen molar-refractivity contribution in [3.05, 3.63) is 66.3 Å². The van der Waals surface area contributed by atoms with Crippen LogP contribution in [0.1, 0.15) is 60.7 Å². The SMILES string of the molecule is O=c1[nH]c(C2CCCCC2)nc2c1CN(Cc1ccc(Cl)cc1[N+](=O)[O-])CC2. The van der Waals surface area contributed by atoms with Gasteiger partial charge in [-0.2, -0.15) is 0 Å². The summed E-state index contributed by atoms with van der Waals surface area (Å²) < 4.78 is 0. The van der Waals surface area contributed by atoms with Crippen LogP contribution in [0, 0.1) is 10.1 Å². The van der Waals surface area contributed by atoms with Gasteiger partial charge in [-0.1, -0.05) is 30.9 Å². The number of nitro benzene ring substituents is 1. The number of aromatic nitrogens is 2. The summed E-state index contributed by atoms with van der Waals surface area (Å²) in [7, 11) is 0. The van der Waals surface area contributed by atoms with Crippen molar-refractivity contribution in [2.75, 3.05) is 6.54 Å². The van der Waals surface area contributed by atoms with Crippen molar-refractivity contribution in [3.8, 4) is 0 Å². The van der Waals surface area contributed by atoms with Gasteiger partial charge >= 0.3 is 0 Å². The molecule has 28 heavy (non-hydrogen) atoms. The Hall–Kier alpha value is -2.25. The van der Waals surface area contributed by atoms with Crippen LogP contribution in [0.25, 0.3) is 0 Å². The fourth-order valence-corrected chi connectivity index (χ4v) is 4.45. The van der Waals surface area contributed by atoms with Gasteiger partial charge in [-0.25, -0.2) is 4.98 Å². The van der Waals surface area contributed by atoms with Crippen LogP contribution in [0.2, 0.25) is 5.02 Å². The second kappa shape index (κ2) is 8.01. The number of nitro groups is 1. The molecule has 1 aliphatic carbocycles. The van der Waals surface area contributed by atoms with Crippen molar-refractivity contribution in [1.82, 2.24) is 14.9 Å². The van der Waals surface area contributed by atoms with E-state index in [0.717, 1.165) is 24.4 Å². The molecule has 1 saturated carbocycles. The number of rotatable bonds is 4. The van der Waals surface area contributed by atoms with Crippen molar-refractivity contribution in [3.63, 3.8) is 0 Å². The molecule has 1 aromatic heterocycles. The Morgan fingerprint density at radius 1 is 1.29 bits per heavy atom. The van der Waals surface area contributed by atoms with Gasteiger partial charge in [0, 0.05) is 48.6 Å². The number of hydrogen-bond donors (Lipinski definition) is 1. The number of nitrogens with one attached hydrogen (secondary N) is 1. The molecular weight excluding hydrogens is 380 g/mol. The molecule has 0 amide bonds. The van der Waals surface area contributed by atoms with E-state index in [1.165, 1.54) is 25.3 Å². The summed E-state index contributed by atoms with van der Waals surface area (Å²) >= 11 is 5.90. The third kappa shape index (κ3) is 3.95. The van der Waals surface area contributed by atoms with Crippen molar-refractivity contribution < 1.29 is 4.92 Å². The van der Waals surface area contributed by atoms with E-state index in [1.807, 2.05) is 0 Å². The lowest BCUT2D eigenvalue weighted by Gasteiger charge is -2.28. The van der Waals surface area contributed by atoms with E-state index in [4.69, 9.17) is 16.6 Å². The number of halogens is 1. The normalized spacial score (nSPS) is 18.0. The fraction of sp³-hybridized carbons (Fsp3) is 0.500. The predicted octanol–water partition coefficient (Wildman–Crippen LogP) is 3.94. The lowest BCUT2D eigenvalue weighted by Crippen LogP contribution is -2.36. The van der Waals surface area contributed by atoms with Crippen LogP contribution < -0.4 is 5.56 Å². The average molecular weight is 403 g/mol. The number of aromatic amines is 1. The van der Waals surface area contributed by atoms with Crippen LogP contribution >= 0.6 is 11.6 Å². The minimum absolute atomic E-state index is 0.0120. The number of hydrogen-bond acceptors (Lipinski definition) is 5. The maximum absolute atomic E-state index is 12.7. The Bertz CT molecular complexity index is 953. The molecule has 1 aromatic carbocycles. The molecule has 0 radical (unpaired) electrons. The Kier molecular flexibility index (Phi) is 5.46. The first kappa shape index (κ1) is 19.1. The second-order valence-corrected chi connectivity index (χ2v) is 8.14. The summed E-state index contributed by atoms with van der Waals surface area (Å²) in [6.45, 7) is 1.56. The van der Waals surface area contributed by atoms with Gasteiger partial charge in [0.1, 0.15) is 5.82 Å². The third-order valence-corrected chi connectivity index (χ3v) is 6.03. The van der Waals surface area contributed by atoms with Gasteiger partial charge in [-0.15, -0.1) is 0 Å². The van der Waals surface area contributed by atoms with Gasteiger partial charge in [0.05, 0.1) is 16.2 Å². The van der Waals surface area contributed by atoms with Crippen LogP contribution in [0.4, 0.5) is 5.69 Å². The van der Waals surface area contributed by atoms with E-state index < -0.39 is 4.92 Å². The van der Waals surface area contributed by atoms with Gasteiger partial charge in [-0.3, -0.25) is 19.8 Å². The van der Waals surface area contributed by atoms with E-state index in [2.05, 4.69) is 9.88 Å². The summed E-state index contributed by atoms with van der Waals surface area (Å²) in [6, 6.07) is 4.72. The number of H-pyrrole nitrogens is 1. The Balaban J connectivity index is 1.54. The van der Waals surface area contributed by atoms with E-state index in [1.54, 1.807) is 12.1 Å². The summed E-state index contributed by atoms with van der Waals surface area (Å²) in [5, 5.41) is 11.7. The molecule has 148 valence electrons. The number of fused-ring (bicyclic) bond motifs is 1. The molecule has 0 spiro atoms. The topological polar surface area (TPSA) is 92.1 Å². The van der Waals surface area contributed by atoms with E-state index in [9.17, 15) is 14.9 Å². The minimum Gasteiger partial charge on any atom is -0.310 e. The zero-order valence-electron chi connectivity index (χ0n) is 15.6. The van der Waals surface area contributed by atoms with Gasteiger partial charge in [0.25, 0.3) is 11.2 Å². The van der Waals surface area contributed by atoms with Crippen molar-refractivity contribution in [2.45, 2.75) is 57.5 Å². The molecule has 0 bridgehead atoms. The maximum Gasteiger partial charge on any atom is 0.275 e. The highest BCUT2D eigenvalue weighted by Crippen LogP contribution is 2.31. The summed E-state index contributed by atoms with van der Waals surface area (Å²) in [6.07, 6.45) is 6.51. The van der Waals surface area contributed by atoms with Crippen LogP contribution in [0.15, 0.2) is 23.0 Å². The number of nitrogens with zero attached hydrogens (tertiary/aromatic N) is 3. The Morgan fingerprint density at radius 3 is 2.82 bits per heavy atom. The molecule has 0 atom stereocenters. The molecule has 0 unspecified atom stereocenters. The van der Waals surface area contributed by atoms with Crippen LogP contribution in [0.3, 0.4) is 0 Å². The van der Waals surface area contributed by atoms with Crippen molar-refractivity contribution in [1.29, 1.82) is 0 Å². The largest absolute Gasteiger partial charge is 0.310 e. The molecule has 7 nitrogen and oxygen atoms in total. The summed E-state index contributed by atoms with van der Waals surface area (Å²) in [5.41, 5.74) is 2.11. The molecule has 1 N–H and O–H groups in total. The smallest absolute Gasteiger partial charge is 0.275 e. The fourth-order valence-electron chi connectivity index (χ4n) is 4.29. The lowest BCUT2D eigenvalue weighted by molar-refractivity contribution is -0.385. The quantitative estimate of drug-likeness (QED) is 0.617. The highest BCUT2D eigenvalue weighted by molar-refractivity contribution is 6.30. The monoisotopic (exact) mass is 402 g/mol. The molecule has 0 saturated heterocycles. The first-order valence-corrected chi connectivity index (χ1v) is 10.2. The molecule has 4 rings (SSSR count). The van der Waals surface area contributed by atoms with Crippen LogP contribution in [0.5, 0.6) is 0 Å². The van der Waals surface area contributed by atoms with Gasteiger partial charge in [-0.05, 0) is 25.0 Å². The van der Waals surface area contributed by atoms with Crippen LogP contribution in [-0.2, 0) is 19.5 Å². The van der Waals surface area contributed by atoms with E-state index in [0.29, 0.717) is 48.1 Å². The standard InChI is InChI=1S/C20H23ClN4O3/c21-15-7-6-14(18(10-15)25(27)28)11-24-9-8-17-16(12-24)20(26)23-19(22-17)13-4-2-1-3-5-13/h6-7,10,13H,1-5,8-9,11-12H2,(H,22,23,26). The average Bonchev–Trinajstić information content (AvgIpc) is 2.70. The zero-order chi connectivity index (χ0) is 19.7. The summed E-state index contributed by atoms with van der Waals surface area (Å²) in [5.74, 6) is 1.20. The number of benzene rings is 1. The molecular formula is C20H23ClN4O3. The summed E-state index contributed by atoms with van der Waals surface area (Å²) in [4.78, 5) is 33.5. The maximum atomic E-state index is 12.7. The van der Waals surface area contributed by atoms with Crippen molar-refractivity contribution >= 4 is 17.3 Å². The van der Waals surface area contributed by atoms with Gasteiger partial charge in [0.2, 0.25) is 0 Å². The van der Waals surface area contributed by atoms with Crippen LogP contribution in [-0.4, -0.2) is 26.3 Å². The molecule has 1 aliphatic heterocycles. The molecule has 1 fully saturated rings. The highest BCUT2D eigenvalue weighted by Gasteiger charge is 2.26. The van der Waals surface area contributed by atoms with E-state index in [-0.39, 0.29) is 11.2 Å². The predicted molar refractivity (Wildman–Crippen MR) is 107 cm³/mol. The Morgan fingerprint density at radius 2 is 2.07 bits per heavy atom.